The van der Waals surface area contributed by atoms with Gasteiger partial charge in [-0.3, -0.25) is 4.98 Å². The van der Waals surface area contributed by atoms with Crippen molar-refractivity contribution in [3.05, 3.63) is 60.7 Å². The van der Waals surface area contributed by atoms with Crippen LogP contribution >= 0.6 is 0 Å². The molecule has 2 heterocycles. The van der Waals surface area contributed by atoms with Gasteiger partial charge in [-0.15, -0.1) is 0 Å². The van der Waals surface area contributed by atoms with Gasteiger partial charge in [-0.1, -0.05) is 36.9 Å². The van der Waals surface area contributed by atoms with E-state index in [1.165, 1.54) is 0 Å². The van der Waals surface area contributed by atoms with Gasteiger partial charge in [-0.2, -0.15) is 0 Å². The Balaban J connectivity index is 2.08. The number of fused-ring (bicyclic) bond motifs is 1. The highest BCUT2D eigenvalue weighted by Gasteiger charge is 2.07. The number of rotatable bonds is 2. The second kappa shape index (κ2) is 4.61. The minimum Gasteiger partial charge on any atom is -0.250 e. The summed E-state index contributed by atoms with van der Waals surface area (Å²) >= 11 is 0. The van der Waals surface area contributed by atoms with E-state index >= 15 is 0 Å². The molecule has 90 valence electrons. The molecule has 0 aliphatic rings. The third-order valence-electron chi connectivity index (χ3n) is 2.81. The van der Waals surface area contributed by atoms with E-state index in [0.29, 0.717) is 17.0 Å². The van der Waals surface area contributed by atoms with Crippen LogP contribution in [-0.4, -0.2) is 27.8 Å². The largest absolute Gasteiger partial charge is 0.250 e. The molecule has 0 radical (unpaired) electrons. The number of nitrogens with zero attached hydrogens (tertiary/aromatic N) is 4. The minimum absolute atomic E-state index is 0.582. The lowest BCUT2D eigenvalue weighted by molar-refractivity contribution is 1.12. The molecule has 0 fully saturated rings. The number of hydrogen-bond acceptors (Lipinski definition) is 4. The summed E-state index contributed by atoms with van der Waals surface area (Å²) in [6, 6.07) is 9.86. The van der Waals surface area contributed by atoms with Gasteiger partial charge in [0.15, 0.2) is 19.3 Å². The molecule has 3 aromatic rings. The van der Waals surface area contributed by atoms with Crippen LogP contribution in [0, 0.1) is 0 Å². The SMILES string of the molecule is Bc1cnc2cnc(C(=C)c3ccccc3)nc2n1. The van der Waals surface area contributed by atoms with Crippen molar-refractivity contribution in [3.63, 3.8) is 0 Å². The fourth-order valence-corrected chi connectivity index (χ4v) is 1.81. The first kappa shape index (κ1) is 11.5. The van der Waals surface area contributed by atoms with Gasteiger partial charge in [0, 0.05) is 17.4 Å². The van der Waals surface area contributed by atoms with E-state index in [1.54, 1.807) is 12.4 Å². The maximum atomic E-state index is 4.43. The molecule has 0 N–H and O–H groups in total. The van der Waals surface area contributed by atoms with Gasteiger partial charge in [-0.25, -0.2) is 15.0 Å². The number of aromatic nitrogens is 4. The van der Waals surface area contributed by atoms with Crippen LogP contribution in [0.1, 0.15) is 11.4 Å². The van der Waals surface area contributed by atoms with Crippen LogP contribution < -0.4 is 5.59 Å². The standard InChI is InChI=1S/C14H11BN4/c1-9(10-5-3-2-4-6-10)13-17-7-11-14(19-13)18-12(15)8-16-11/h2-8H,1,15H2. The third-order valence-corrected chi connectivity index (χ3v) is 2.81. The lowest BCUT2D eigenvalue weighted by atomic mass is 10.1. The molecule has 0 saturated carbocycles. The van der Waals surface area contributed by atoms with Crippen LogP contribution in [0.5, 0.6) is 0 Å². The highest BCUT2D eigenvalue weighted by Crippen LogP contribution is 2.18. The molecule has 19 heavy (non-hydrogen) atoms. The lowest BCUT2D eigenvalue weighted by Crippen LogP contribution is -2.10. The Morgan fingerprint density at radius 2 is 1.79 bits per heavy atom. The molecule has 0 amide bonds. The summed E-state index contributed by atoms with van der Waals surface area (Å²) in [6.45, 7) is 4.05. The van der Waals surface area contributed by atoms with Gasteiger partial charge in [0.05, 0.1) is 6.20 Å². The Morgan fingerprint density at radius 1 is 1.00 bits per heavy atom. The summed E-state index contributed by atoms with van der Waals surface area (Å²) in [5, 5.41) is 0. The predicted octanol–water partition coefficient (Wildman–Crippen LogP) is 0.740. The zero-order chi connectivity index (χ0) is 13.2. The molecule has 0 aliphatic carbocycles. The van der Waals surface area contributed by atoms with Crippen LogP contribution in [0.15, 0.2) is 49.3 Å². The topological polar surface area (TPSA) is 51.6 Å². The number of hydrogen-bond donors (Lipinski definition) is 0. The molecular weight excluding hydrogens is 235 g/mol. The van der Waals surface area contributed by atoms with E-state index in [1.807, 2.05) is 38.2 Å². The van der Waals surface area contributed by atoms with Gasteiger partial charge < -0.3 is 0 Å². The first-order valence-corrected chi connectivity index (χ1v) is 5.95. The highest BCUT2D eigenvalue weighted by atomic mass is 15.0. The van der Waals surface area contributed by atoms with Crippen molar-refractivity contribution >= 4 is 30.2 Å². The van der Waals surface area contributed by atoms with Crippen molar-refractivity contribution in [2.24, 2.45) is 0 Å². The Kier molecular flexibility index (Phi) is 2.80. The Hall–Kier alpha value is -2.56. The zero-order valence-corrected chi connectivity index (χ0v) is 10.5. The molecule has 5 heteroatoms. The van der Waals surface area contributed by atoms with Gasteiger partial charge in [0.1, 0.15) is 5.52 Å². The fourth-order valence-electron chi connectivity index (χ4n) is 1.81. The predicted molar refractivity (Wildman–Crippen MR) is 77.9 cm³/mol. The zero-order valence-electron chi connectivity index (χ0n) is 10.5. The fraction of sp³-hybridized carbons (Fsp3) is 0. The monoisotopic (exact) mass is 246 g/mol. The van der Waals surface area contributed by atoms with Crippen molar-refractivity contribution in [1.82, 2.24) is 19.9 Å². The van der Waals surface area contributed by atoms with Gasteiger partial charge in [-0.05, 0) is 5.56 Å². The van der Waals surface area contributed by atoms with Gasteiger partial charge in [0.25, 0.3) is 0 Å². The molecule has 0 bridgehead atoms. The Morgan fingerprint density at radius 3 is 2.58 bits per heavy atom. The van der Waals surface area contributed by atoms with Crippen molar-refractivity contribution in [2.75, 3.05) is 0 Å². The van der Waals surface area contributed by atoms with Crippen LogP contribution in [0.2, 0.25) is 0 Å². The maximum absolute atomic E-state index is 4.43. The van der Waals surface area contributed by atoms with Crippen molar-refractivity contribution in [3.8, 4) is 0 Å². The van der Waals surface area contributed by atoms with Crippen molar-refractivity contribution in [1.29, 1.82) is 0 Å². The molecule has 1 aromatic carbocycles. The summed E-state index contributed by atoms with van der Waals surface area (Å²) in [5.41, 5.74) is 3.91. The Bertz CT molecular complexity index is 756. The lowest BCUT2D eigenvalue weighted by Gasteiger charge is -2.05. The quantitative estimate of drug-likeness (QED) is 0.626. The molecule has 3 rings (SSSR count). The molecule has 0 atom stereocenters. The van der Waals surface area contributed by atoms with Crippen LogP contribution in [0.25, 0.3) is 16.7 Å². The molecule has 0 aliphatic heterocycles. The van der Waals surface area contributed by atoms with E-state index in [9.17, 15) is 0 Å². The van der Waals surface area contributed by atoms with Crippen LogP contribution in [0.3, 0.4) is 0 Å². The van der Waals surface area contributed by atoms with E-state index in [-0.39, 0.29) is 0 Å². The van der Waals surface area contributed by atoms with Crippen LogP contribution in [-0.2, 0) is 0 Å². The third kappa shape index (κ3) is 2.22. The van der Waals surface area contributed by atoms with E-state index in [4.69, 9.17) is 0 Å². The molecule has 0 saturated heterocycles. The molecular formula is C14H11BN4. The first-order valence-electron chi connectivity index (χ1n) is 5.95. The maximum Gasteiger partial charge on any atom is 0.181 e. The molecule has 4 nitrogen and oxygen atoms in total. The van der Waals surface area contributed by atoms with Gasteiger partial charge >= 0.3 is 0 Å². The summed E-state index contributed by atoms with van der Waals surface area (Å²) in [5.74, 6) is 0.582. The first-order chi connectivity index (χ1) is 9.24. The van der Waals surface area contributed by atoms with Crippen molar-refractivity contribution < 1.29 is 0 Å². The van der Waals surface area contributed by atoms with Gasteiger partial charge in [0.2, 0.25) is 0 Å². The summed E-state index contributed by atoms with van der Waals surface area (Å²) in [6.07, 6.45) is 3.38. The minimum atomic E-state index is 0.582. The smallest absolute Gasteiger partial charge is 0.181 e. The van der Waals surface area contributed by atoms with E-state index in [0.717, 1.165) is 16.7 Å². The summed E-state index contributed by atoms with van der Waals surface area (Å²) in [4.78, 5) is 17.3. The molecule has 0 unspecified atom stereocenters. The summed E-state index contributed by atoms with van der Waals surface area (Å²) in [7, 11) is 1.89. The molecule has 0 spiro atoms. The van der Waals surface area contributed by atoms with E-state index in [2.05, 4.69) is 26.5 Å². The van der Waals surface area contributed by atoms with Crippen molar-refractivity contribution in [2.45, 2.75) is 0 Å². The molecule has 2 aromatic heterocycles. The second-order valence-electron chi connectivity index (χ2n) is 4.26. The normalized spacial score (nSPS) is 10.5. The summed E-state index contributed by atoms with van der Waals surface area (Å²) < 4.78 is 0. The average molecular weight is 246 g/mol. The van der Waals surface area contributed by atoms with E-state index < -0.39 is 0 Å². The second-order valence-corrected chi connectivity index (χ2v) is 4.26. The highest BCUT2D eigenvalue weighted by molar-refractivity contribution is 6.30. The average Bonchev–Trinajstić information content (AvgIpc) is 2.46. The van der Waals surface area contributed by atoms with Crippen LogP contribution in [0.4, 0.5) is 0 Å². The Labute approximate surface area is 111 Å². The number of benzene rings is 1.